The van der Waals surface area contributed by atoms with Crippen molar-refractivity contribution in [2.24, 2.45) is 16.7 Å². The Bertz CT molecular complexity index is 724. The highest BCUT2D eigenvalue weighted by Gasteiger charge is 2.79. The average molecular weight is 410 g/mol. The lowest BCUT2D eigenvalue weighted by atomic mass is 9.42. The van der Waals surface area contributed by atoms with Crippen LogP contribution in [0.2, 0.25) is 0 Å². The normalized spacial score (nSPS) is 53.9. The lowest BCUT2D eigenvalue weighted by molar-refractivity contribution is -0.436. The molecule has 2 aliphatic carbocycles. The van der Waals surface area contributed by atoms with E-state index in [2.05, 4.69) is 20.4 Å². The van der Waals surface area contributed by atoms with Crippen LogP contribution >= 0.6 is 0 Å². The van der Waals surface area contributed by atoms with E-state index in [-0.39, 0.29) is 29.6 Å². The highest BCUT2D eigenvalue weighted by molar-refractivity contribution is 5.92. The molecule has 2 saturated carbocycles. The molecule has 0 radical (unpaired) electrons. The van der Waals surface area contributed by atoms with E-state index >= 15 is 0 Å². The number of hydrogen-bond acceptors (Lipinski definition) is 7. The van der Waals surface area contributed by atoms with Gasteiger partial charge in [-0.1, -0.05) is 26.8 Å². The van der Waals surface area contributed by atoms with Crippen LogP contribution in [0.15, 0.2) is 12.7 Å². The van der Waals surface area contributed by atoms with E-state index in [1.165, 1.54) is 0 Å². The Morgan fingerprint density at radius 3 is 2.38 bits per heavy atom. The second kappa shape index (κ2) is 6.34. The summed E-state index contributed by atoms with van der Waals surface area (Å²) in [7, 11) is 3.67. The average Bonchev–Trinajstić information content (AvgIpc) is 2.62. The predicted octanol–water partition coefficient (Wildman–Crippen LogP) is 1.47. The molecule has 1 unspecified atom stereocenters. The highest BCUT2D eigenvalue weighted by Crippen LogP contribution is 2.67. The fourth-order valence-corrected chi connectivity index (χ4v) is 6.72. The van der Waals surface area contributed by atoms with Crippen molar-refractivity contribution in [1.29, 1.82) is 0 Å². The van der Waals surface area contributed by atoms with Crippen molar-refractivity contribution in [2.45, 2.75) is 89.0 Å². The van der Waals surface area contributed by atoms with Crippen molar-refractivity contribution in [2.75, 3.05) is 14.1 Å². The fourth-order valence-electron chi connectivity index (χ4n) is 6.72. The summed E-state index contributed by atoms with van der Waals surface area (Å²) in [6.45, 7) is 11.8. The molecule has 0 aromatic rings. The monoisotopic (exact) mass is 409 g/mol. The van der Waals surface area contributed by atoms with Crippen LogP contribution in [-0.2, 0) is 19.0 Å². The van der Waals surface area contributed by atoms with Gasteiger partial charge in [-0.3, -0.25) is 9.69 Å². The van der Waals surface area contributed by atoms with Gasteiger partial charge >= 0.3 is 0 Å². The molecule has 4 fully saturated rings. The van der Waals surface area contributed by atoms with Crippen LogP contribution in [-0.4, -0.2) is 77.0 Å². The number of hydrogen-bond donors (Lipinski definition) is 2. The molecule has 4 rings (SSSR count). The molecular weight excluding hydrogens is 374 g/mol. The topological polar surface area (TPSA) is 88.5 Å². The Morgan fingerprint density at radius 2 is 1.79 bits per heavy atom. The predicted molar refractivity (Wildman–Crippen MR) is 106 cm³/mol. The zero-order chi connectivity index (χ0) is 21.6. The summed E-state index contributed by atoms with van der Waals surface area (Å²) < 4.78 is 19.1. The van der Waals surface area contributed by atoms with Gasteiger partial charge in [0.25, 0.3) is 0 Å². The van der Waals surface area contributed by atoms with Crippen LogP contribution in [0.25, 0.3) is 0 Å². The van der Waals surface area contributed by atoms with Crippen molar-refractivity contribution in [1.82, 2.24) is 4.90 Å². The number of Topliss-reactive ketones (excluding diaryl/α,β-unsaturated/α-hetero) is 1. The summed E-state index contributed by atoms with van der Waals surface area (Å²) in [5.74, 6) is -0.504. The van der Waals surface area contributed by atoms with Crippen LogP contribution in [0.5, 0.6) is 0 Å². The van der Waals surface area contributed by atoms with E-state index in [1.54, 1.807) is 17.9 Å². The number of aliphatic hydroxyl groups is 2. The maximum atomic E-state index is 13.9. The molecular formula is C22H35NO6. The van der Waals surface area contributed by atoms with Gasteiger partial charge in [-0.2, -0.15) is 0 Å². The molecule has 0 aromatic heterocycles. The Kier molecular flexibility index (Phi) is 4.68. The minimum Gasteiger partial charge on any atom is -0.390 e. The first-order valence-electron chi connectivity index (χ1n) is 10.5. The van der Waals surface area contributed by atoms with Gasteiger partial charge in [-0.25, -0.2) is 0 Å². The Hall–Kier alpha value is -0.830. The van der Waals surface area contributed by atoms with Crippen LogP contribution in [0, 0.1) is 16.7 Å². The maximum Gasteiger partial charge on any atom is 0.219 e. The molecule has 0 aromatic carbocycles. The van der Waals surface area contributed by atoms with Gasteiger partial charge in [-0.05, 0) is 39.3 Å². The van der Waals surface area contributed by atoms with Gasteiger partial charge in [0, 0.05) is 17.8 Å². The third-order valence-corrected chi connectivity index (χ3v) is 8.15. The molecule has 4 aliphatic rings. The van der Waals surface area contributed by atoms with E-state index in [4.69, 9.17) is 14.2 Å². The van der Waals surface area contributed by atoms with Gasteiger partial charge in [-0.15, -0.1) is 6.58 Å². The molecule has 7 nitrogen and oxygen atoms in total. The summed E-state index contributed by atoms with van der Waals surface area (Å²) in [4.78, 5) is 15.7. The Morgan fingerprint density at radius 1 is 1.14 bits per heavy atom. The van der Waals surface area contributed by atoms with Gasteiger partial charge in [0.1, 0.15) is 12.2 Å². The second-order valence-electron chi connectivity index (χ2n) is 10.7. The standard InChI is InChI=1S/C22H35NO6/c1-8-20(4)11-12(24)22-17(28-20)15(26)14(25)16-19(2,3)10-9-13(21(16,22)5)27-18(29-22)23(6)7/h8,13-18,25-26H,1,9-11H2,2-7H3/t13-,14+,15-,16-,17+,18?,20-,21-,22+/m0/s1. The van der Waals surface area contributed by atoms with E-state index in [9.17, 15) is 15.0 Å². The number of rotatable bonds is 2. The Labute approximate surface area is 173 Å². The third kappa shape index (κ3) is 2.55. The third-order valence-electron chi connectivity index (χ3n) is 8.15. The van der Waals surface area contributed by atoms with Gasteiger partial charge in [0.05, 0.1) is 17.8 Å². The van der Waals surface area contributed by atoms with Gasteiger partial charge in [0.15, 0.2) is 11.4 Å². The lowest BCUT2D eigenvalue weighted by Gasteiger charge is -2.71. The molecule has 2 aliphatic heterocycles. The SMILES string of the molecule is C=C[C@@]1(C)CC(=O)[C@@]23OC(N(C)C)O[C@H]4CCC(C)(C)[C@H]([C@H](O)[C@H](O)[C@H]2O1)[C@]43C. The summed E-state index contributed by atoms with van der Waals surface area (Å²) in [5, 5.41) is 22.5. The zero-order valence-corrected chi connectivity index (χ0v) is 18.3. The molecule has 29 heavy (non-hydrogen) atoms. The van der Waals surface area contributed by atoms with Gasteiger partial charge < -0.3 is 24.4 Å². The first-order chi connectivity index (χ1) is 13.3. The molecule has 7 heteroatoms. The van der Waals surface area contributed by atoms with Crippen molar-refractivity contribution >= 4 is 5.78 Å². The van der Waals surface area contributed by atoms with E-state index in [0.717, 1.165) is 12.8 Å². The molecule has 2 heterocycles. The van der Waals surface area contributed by atoms with Crippen LogP contribution in [0.1, 0.15) is 47.0 Å². The molecule has 1 spiro atoms. The van der Waals surface area contributed by atoms with Crippen LogP contribution < -0.4 is 0 Å². The van der Waals surface area contributed by atoms with Crippen molar-refractivity contribution in [3.8, 4) is 0 Å². The van der Waals surface area contributed by atoms with Crippen molar-refractivity contribution < 1.29 is 29.2 Å². The summed E-state index contributed by atoms with van der Waals surface area (Å²) >= 11 is 0. The van der Waals surface area contributed by atoms with Crippen molar-refractivity contribution in [3.05, 3.63) is 12.7 Å². The molecule has 2 saturated heterocycles. The van der Waals surface area contributed by atoms with Crippen LogP contribution in [0.3, 0.4) is 0 Å². The number of aliphatic hydroxyl groups excluding tert-OH is 2. The number of ether oxygens (including phenoxy) is 3. The molecule has 9 atom stereocenters. The van der Waals surface area contributed by atoms with Crippen LogP contribution in [0.4, 0.5) is 0 Å². The smallest absolute Gasteiger partial charge is 0.219 e. The number of nitrogens with zero attached hydrogens (tertiary/aromatic N) is 1. The number of carbonyl (C=O) groups excluding carboxylic acids is 1. The Balaban J connectivity index is 1.95. The van der Waals surface area contributed by atoms with E-state index < -0.39 is 41.3 Å². The molecule has 0 amide bonds. The van der Waals surface area contributed by atoms with Crippen molar-refractivity contribution in [3.63, 3.8) is 0 Å². The number of carbonyl (C=O) groups is 1. The minimum atomic E-state index is -1.41. The van der Waals surface area contributed by atoms with E-state index in [1.807, 2.05) is 21.0 Å². The summed E-state index contributed by atoms with van der Waals surface area (Å²) in [5.41, 5.74) is -3.48. The lowest BCUT2D eigenvalue weighted by Crippen LogP contribution is -2.85. The first kappa shape index (κ1) is 21.4. The quantitative estimate of drug-likeness (QED) is 0.668. The molecule has 164 valence electrons. The summed E-state index contributed by atoms with van der Waals surface area (Å²) in [6, 6.07) is 0. The number of ketones is 1. The van der Waals surface area contributed by atoms with Gasteiger partial charge in [0.2, 0.25) is 6.41 Å². The second-order valence-corrected chi connectivity index (χ2v) is 10.7. The maximum absolute atomic E-state index is 13.9. The summed E-state index contributed by atoms with van der Waals surface area (Å²) in [6.07, 6.45) is -1.09. The fraction of sp³-hybridized carbons (Fsp3) is 0.864. The van der Waals surface area contributed by atoms with E-state index in [0.29, 0.717) is 0 Å². The highest BCUT2D eigenvalue weighted by atomic mass is 16.7. The largest absolute Gasteiger partial charge is 0.390 e. The zero-order valence-electron chi connectivity index (χ0n) is 18.3. The molecule has 2 N–H and O–H groups in total. The first-order valence-corrected chi connectivity index (χ1v) is 10.5. The molecule has 0 bridgehead atoms. The minimum absolute atomic E-state index is 0.103.